The maximum atomic E-state index is 13.1. The Labute approximate surface area is 207 Å². The maximum Gasteiger partial charge on any atom is 0.347 e. The molecule has 1 fully saturated rings. The fraction of sp³-hybridized carbons (Fsp3) is 0.724. The first-order chi connectivity index (χ1) is 16.4. The molecule has 0 spiro atoms. The highest BCUT2D eigenvalue weighted by Gasteiger charge is 2.33. The van der Waals surface area contributed by atoms with Gasteiger partial charge in [-0.25, -0.2) is 4.79 Å². The van der Waals surface area contributed by atoms with E-state index in [-0.39, 0.29) is 5.91 Å². The molecule has 5 nitrogen and oxygen atoms in total. The summed E-state index contributed by atoms with van der Waals surface area (Å²) in [5.41, 5.74) is -0.171. The van der Waals surface area contributed by atoms with Crippen LogP contribution in [0.1, 0.15) is 110 Å². The number of rotatable bonds is 16. The lowest BCUT2D eigenvalue weighted by molar-refractivity contribution is -0.154. The van der Waals surface area contributed by atoms with Gasteiger partial charge in [-0.1, -0.05) is 83.8 Å². The Morgan fingerprint density at radius 2 is 1.79 bits per heavy atom. The highest BCUT2D eigenvalue weighted by Crippen LogP contribution is 2.28. The normalized spacial score (nSPS) is 16.1. The molecule has 0 aromatic heterocycles. The second-order valence-electron chi connectivity index (χ2n) is 10.2. The lowest BCUT2D eigenvalue weighted by Crippen LogP contribution is -2.40. The van der Waals surface area contributed by atoms with Crippen LogP contribution < -0.4 is 4.74 Å². The Morgan fingerprint density at radius 3 is 2.47 bits per heavy atom. The van der Waals surface area contributed by atoms with Gasteiger partial charge in [0.25, 0.3) is 0 Å². The molecule has 0 heterocycles. The van der Waals surface area contributed by atoms with E-state index < -0.39 is 11.6 Å². The molecule has 1 aliphatic carbocycles. The molecule has 1 amide bonds. The van der Waals surface area contributed by atoms with Gasteiger partial charge >= 0.3 is 5.97 Å². The van der Waals surface area contributed by atoms with Crippen LogP contribution in [0.3, 0.4) is 0 Å². The van der Waals surface area contributed by atoms with Crippen LogP contribution in [0.25, 0.3) is 0 Å². The van der Waals surface area contributed by atoms with Crippen molar-refractivity contribution >= 4 is 11.9 Å². The molecule has 34 heavy (non-hydrogen) atoms. The number of carbonyl (C=O) groups is 2. The van der Waals surface area contributed by atoms with E-state index >= 15 is 0 Å². The zero-order valence-electron chi connectivity index (χ0n) is 21.8. The number of carboxylic acids is 1. The predicted octanol–water partition coefficient (Wildman–Crippen LogP) is 7.02. The van der Waals surface area contributed by atoms with E-state index in [0.29, 0.717) is 25.1 Å². The average molecular weight is 474 g/mol. The summed E-state index contributed by atoms with van der Waals surface area (Å²) in [5.74, 6) is 0.621. The Hall–Kier alpha value is -2.04. The molecule has 0 bridgehead atoms. The Morgan fingerprint density at radius 1 is 1.06 bits per heavy atom. The van der Waals surface area contributed by atoms with E-state index in [1.54, 1.807) is 13.0 Å². The molecule has 192 valence electrons. The molecule has 5 heteroatoms. The molecule has 1 aromatic carbocycles. The smallest absolute Gasteiger partial charge is 0.347 e. The number of nitrogens with zero attached hydrogens (tertiary/aromatic N) is 1. The van der Waals surface area contributed by atoms with Crippen molar-refractivity contribution in [1.82, 2.24) is 4.90 Å². The minimum Gasteiger partial charge on any atom is -0.478 e. The number of hydrogen-bond acceptors (Lipinski definition) is 3. The molecule has 0 aliphatic heterocycles. The average Bonchev–Trinajstić information content (AvgIpc) is 2.85. The van der Waals surface area contributed by atoms with Crippen LogP contribution in [0.5, 0.6) is 5.75 Å². The van der Waals surface area contributed by atoms with Gasteiger partial charge < -0.3 is 14.7 Å². The standard InChI is InChI=1S/C29H47NO4/c1-4-6-7-8-12-21-30(27(31)19-18-24-14-10-9-11-15-24)22-20-25-16-13-17-26(23-25)34-29(3,5-2)28(32)33/h13,16-17,23-24H,4-12,14-15,18-22H2,1-3H3,(H,32,33). The van der Waals surface area contributed by atoms with Crippen molar-refractivity contribution in [2.24, 2.45) is 5.92 Å². The van der Waals surface area contributed by atoms with Crippen molar-refractivity contribution < 1.29 is 19.4 Å². The van der Waals surface area contributed by atoms with E-state index in [4.69, 9.17) is 4.74 Å². The van der Waals surface area contributed by atoms with Crippen molar-refractivity contribution in [3.05, 3.63) is 29.8 Å². The number of carbonyl (C=O) groups excluding carboxylic acids is 1. The second-order valence-corrected chi connectivity index (χ2v) is 10.2. The van der Waals surface area contributed by atoms with Gasteiger partial charge in [-0.05, 0) is 56.2 Å². The summed E-state index contributed by atoms with van der Waals surface area (Å²) >= 11 is 0. The summed E-state index contributed by atoms with van der Waals surface area (Å²) in [4.78, 5) is 26.8. The summed E-state index contributed by atoms with van der Waals surface area (Å²) in [5, 5.41) is 9.51. The molecular weight excluding hydrogens is 426 g/mol. The monoisotopic (exact) mass is 473 g/mol. The first-order valence-electron chi connectivity index (χ1n) is 13.7. The van der Waals surface area contributed by atoms with E-state index in [1.165, 1.54) is 57.8 Å². The number of carboxylic acid groups (broad SMARTS) is 1. The van der Waals surface area contributed by atoms with Crippen molar-refractivity contribution in [1.29, 1.82) is 0 Å². The number of benzene rings is 1. The van der Waals surface area contributed by atoms with Crippen molar-refractivity contribution in [3.8, 4) is 5.75 Å². The van der Waals surface area contributed by atoms with E-state index in [9.17, 15) is 14.7 Å². The molecule has 1 aliphatic rings. The quantitative estimate of drug-likeness (QED) is 0.262. The fourth-order valence-corrected chi connectivity index (χ4v) is 4.78. The number of unbranched alkanes of at least 4 members (excludes halogenated alkanes) is 4. The van der Waals surface area contributed by atoms with Gasteiger partial charge in [-0.3, -0.25) is 4.79 Å². The van der Waals surface area contributed by atoms with Crippen LogP contribution in [0.4, 0.5) is 0 Å². The summed E-state index contributed by atoms with van der Waals surface area (Å²) in [6, 6.07) is 7.66. The van der Waals surface area contributed by atoms with Gasteiger partial charge in [-0.2, -0.15) is 0 Å². The van der Waals surface area contributed by atoms with Gasteiger partial charge in [0, 0.05) is 19.5 Å². The SMILES string of the molecule is CCCCCCCN(CCc1cccc(OC(C)(CC)C(=O)O)c1)C(=O)CCC1CCCCC1. The van der Waals surface area contributed by atoms with Crippen LogP contribution in [-0.4, -0.2) is 40.6 Å². The van der Waals surface area contributed by atoms with Gasteiger partial charge in [0.2, 0.25) is 11.5 Å². The lowest BCUT2D eigenvalue weighted by atomic mass is 9.86. The first-order valence-corrected chi connectivity index (χ1v) is 13.7. The minimum atomic E-state index is -1.24. The number of aliphatic carboxylic acids is 1. The van der Waals surface area contributed by atoms with Gasteiger partial charge in [0.05, 0.1) is 0 Å². The largest absolute Gasteiger partial charge is 0.478 e. The molecule has 1 unspecified atom stereocenters. The van der Waals surface area contributed by atoms with Gasteiger partial charge in [0.15, 0.2) is 0 Å². The maximum absolute atomic E-state index is 13.1. The number of amides is 1. The Bertz CT molecular complexity index is 743. The van der Waals surface area contributed by atoms with Crippen molar-refractivity contribution in [2.45, 2.75) is 116 Å². The third-order valence-corrected chi connectivity index (χ3v) is 7.41. The van der Waals surface area contributed by atoms with Crippen LogP contribution in [0.15, 0.2) is 24.3 Å². The topological polar surface area (TPSA) is 66.8 Å². The van der Waals surface area contributed by atoms with E-state index in [0.717, 1.165) is 37.3 Å². The summed E-state index contributed by atoms with van der Waals surface area (Å²) in [7, 11) is 0. The van der Waals surface area contributed by atoms with Crippen LogP contribution in [-0.2, 0) is 16.0 Å². The van der Waals surface area contributed by atoms with Crippen molar-refractivity contribution in [2.75, 3.05) is 13.1 Å². The molecule has 1 aromatic rings. The van der Waals surface area contributed by atoms with Gasteiger partial charge in [-0.15, -0.1) is 0 Å². The zero-order valence-corrected chi connectivity index (χ0v) is 21.8. The third kappa shape index (κ3) is 9.68. The highest BCUT2D eigenvalue weighted by atomic mass is 16.5. The lowest BCUT2D eigenvalue weighted by Gasteiger charge is -2.26. The minimum absolute atomic E-state index is 0.290. The molecular formula is C29H47NO4. The summed E-state index contributed by atoms with van der Waals surface area (Å²) in [6.45, 7) is 7.17. The molecule has 0 radical (unpaired) electrons. The number of ether oxygens (including phenoxy) is 1. The van der Waals surface area contributed by atoms with E-state index in [2.05, 4.69) is 11.8 Å². The van der Waals surface area contributed by atoms with Crippen molar-refractivity contribution in [3.63, 3.8) is 0 Å². The second kappa shape index (κ2) is 15.1. The molecule has 0 saturated heterocycles. The van der Waals surface area contributed by atoms with Crippen LogP contribution >= 0.6 is 0 Å². The fourth-order valence-electron chi connectivity index (χ4n) is 4.78. The molecule has 1 N–H and O–H groups in total. The zero-order chi connectivity index (χ0) is 24.8. The summed E-state index contributed by atoms with van der Waals surface area (Å²) < 4.78 is 5.84. The van der Waals surface area contributed by atoms with Crippen LogP contribution in [0.2, 0.25) is 0 Å². The third-order valence-electron chi connectivity index (χ3n) is 7.41. The van der Waals surface area contributed by atoms with Gasteiger partial charge in [0.1, 0.15) is 5.75 Å². The first kappa shape index (κ1) is 28.2. The Balaban J connectivity index is 1.95. The van der Waals surface area contributed by atoms with Crippen LogP contribution in [0, 0.1) is 5.92 Å². The molecule has 1 atom stereocenters. The molecule has 2 rings (SSSR count). The van der Waals surface area contributed by atoms with E-state index in [1.807, 2.05) is 25.1 Å². The predicted molar refractivity (Wildman–Crippen MR) is 138 cm³/mol. The Kier molecular flexibility index (Phi) is 12.5. The number of hydrogen-bond donors (Lipinski definition) is 1. The summed E-state index contributed by atoms with van der Waals surface area (Å²) in [6.07, 6.45) is 15.3. The highest BCUT2D eigenvalue weighted by molar-refractivity contribution is 5.77. The molecule has 1 saturated carbocycles.